The number of aliphatic hydroxyl groups excluding tert-OH is 1. The molecule has 3 aromatic rings. The second-order valence-corrected chi connectivity index (χ2v) is 7.16. The Balaban J connectivity index is 1.89. The Bertz CT molecular complexity index is 1040. The average molecular weight is 380 g/mol. The zero-order valence-corrected chi connectivity index (χ0v) is 16.3. The third-order valence-electron chi connectivity index (χ3n) is 5.13. The van der Waals surface area contributed by atoms with E-state index in [0.717, 1.165) is 23.4 Å². The fourth-order valence-electron chi connectivity index (χ4n) is 3.70. The molecule has 3 heterocycles. The lowest BCUT2D eigenvalue weighted by Crippen LogP contribution is -2.27. The fraction of sp³-hybridized carbons (Fsp3) is 0.333. The molecule has 1 atom stereocenters. The van der Waals surface area contributed by atoms with Gasteiger partial charge in [0.05, 0.1) is 36.2 Å². The Labute approximate surface area is 163 Å². The number of hydrogen-bond donors (Lipinski definition) is 2. The number of carbonyl (C=O) groups excluding carboxylic acids is 1. The second kappa shape index (κ2) is 7.16. The molecule has 146 valence electrons. The second-order valence-electron chi connectivity index (χ2n) is 7.16. The lowest BCUT2D eigenvalue weighted by Gasteiger charge is -2.29. The fourth-order valence-corrected chi connectivity index (χ4v) is 3.70. The molecule has 0 radical (unpaired) electrons. The van der Waals surface area contributed by atoms with E-state index in [4.69, 9.17) is 4.74 Å². The van der Waals surface area contributed by atoms with Crippen LogP contribution in [0.1, 0.15) is 39.8 Å². The minimum absolute atomic E-state index is 0.0153. The number of aliphatic hydroxyl groups is 1. The van der Waals surface area contributed by atoms with E-state index in [0.29, 0.717) is 29.3 Å². The van der Waals surface area contributed by atoms with E-state index in [1.807, 2.05) is 41.7 Å². The highest BCUT2D eigenvalue weighted by Crippen LogP contribution is 2.35. The molecule has 0 bridgehead atoms. The summed E-state index contributed by atoms with van der Waals surface area (Å²) in [6.07, 6.45) is 0.769. The van der Waals surface area contributed by atoms with Crippen molar-refractivity contribution in [3.05, 3.63) is 58.9 Å². The van der Waals surface area contributed by atoms with Crippen LogP contribution in [0.2, 0.25) is 0 Å². The smallest absolute Gasteiger partial charge is 0.257 e. The Morgan fingerprint density at radius 2 is 2.11 bits per heavy atom. The summed E-state index contributed by atoms with van der Waals surface area (Å²) in [7, 11) is 3.46. The van der Waals surface area contributed by atoms with Gasteiger partial charge in [0.2, 0.25) is 0 Å². The maximum Gasteiger partial charge on any atom is 0.257 e. The van der Waals surface area contributed by atoms with E-state index in [-0.39, 0.29) is 18.6 Å². The highest BCUT2D eigenvalue weighted by molar-refractivity contribution is 5.99. The summed E-state index contributed by atoms with van der Waals surface area (Å²) in [6.45, 7) is 2.29. The maximum absolute atomic E-state index is 12.9. The molecule has 4 rings (SSSR count). The Morgan fingerprint density at radius 3 is 2.86 bits per heavy atom. The molecule has 1 aliphatic heterocycles. The Kier molecular flexibility index (Phi) is 4.68. The normalized spacial score (nSPS) is 15.8. The van der Waals surface area contributed by atoms with Crippen LogP contribution < -0.4 is 10.1 Å². The van der Waals surface area contributed by atoms with Crippen LogP contribution in [-0.2, 0) is 6.61 Å². The molecule has 0 spiro atoms. The van der Waals surface area contributed by atoms with Crippen molar-refractivity contribution in [1.29, 1.82) is 0 Å². The first-order valence-corrected chi connectivity index (χ1v) is 9.33. The molecule has 0 saturated carbocycles. The van der Waals surface area contributed by atoms with Crippen molar-refractivity contribution in [2.75, 3.05) is 26.0 Å². The number of carbonyl (C=O) groups is 1. The largest absolute Gasteiger partial charge is 0.493 e. The van der Waals surface area contributed by atoms with Gasteiger partial charge < -0.3 is 20.1 Å². The number of fused-ring (bicyclic) bond motifs is 2. The van der Waals surface area contributed by atoms with E-state index >= 15 is 0 Å². The van der Waals surface area contributed by atoms with Crippen LogP contribution in [-0.4, -0.2) is 46.0 Å². The van der Waals surface area contributed by atoms with E-state index in [1.165, 1.54) is 0 Å². The third kappa shape index (κ3) is 2.97. The summed E-state index contributed by atoms with van der Waals surface area (Å²) in [5.41, 5.74) is 3.70. The first-order valence-electron chi connectivity index (χ1n) is 9.33. The zero-order valence-electron chi connectivity index (χ0n) is 16.3. The van der Waals surface area contributed by atoms with Gasteiger partial charge in [0.25, 0.3) is 5.91 Å². The standard InChI is InChI=1S/C21H24N4O3/c1-13-17(12-26)25-19(22-13)9-8-15(21(27)24(2)3)20(25)23-16-10-11-28-18-7-5-4-6-14(16)18/h4-9,16,23,26H,10-12H2,1-3H3. The van der Waals surface area contributed by atoms with Crippen molar-refractivity contribution in [2.45, 2.75) is 26.0 Å². The quantitative estimate of drug-likeness (QED) is 0.728. The summed E-state index contributed by atoms with van der Waals surface area (Å²) in [6, 6.07) is 11.5. The van der Waals surface area contributed by atoms with Crippen LogP contribution >= 0.6 is 0 Å². The molecule has 1 amide bonds. The van der Waals surface area contributed by atoms with Gasteiger partial charge in [-0.2, -0.15) is 0 Å². The lowest BCUT2D eigenvalue weighted by atomic mass is 10.00. The van der Waals surface area contributed by atoms with E-state index < -0.39 is 0 Å². The summed E-state index contributed by atoms with van der Waals surface area (Å²) >= 11 is 0. The average Bonchev–Trinajstić information content (AvgIpc) is 3.03. The van der Waals surface area contributed by atoms with Gasteiger partial charge in [0.15, 0.2) is 0 Å². The zero-order chi connectivity index (χ0) is 19.8. The molecule has 28 heavy (non-hydrogen) atoms. The predicted molar refractivity (Wildman–Crippen MR) is 107 cm³/mol. The summed E-state index contributed by atoms with van der Waals surface area (Å²) < 4.78 is 7.62. The van der Waals surface area contributed by atoms with Crippen LogP contribution in [0.4, 0.5) is 5.82 Å². The predicted octanol–water partition coefficient (Wildman–Crippen LogP) is 2.77. The van der Waals surface area contributed by atoms with E-state index in [1.54, 1.807) is 25.1 Å². The van der Waals surface area contributed by atoms with Gasteiger partial charge in [0.1, 0.15) is 17.2 Å². The van der Waals surface area contributed by atoms with Crippen molar-refractivity contribution < 1.29 is 14.6 Å². The Hall–Kier alpha value is -3.06. The SMILES string of the molecule is Cc1nc2ccc(C(=O)N(C)C)c(NC3CCOc4ccccc43)n2c1CO. The molecule has 0 aliphatic carbocycles. The van der Waals surface area contributed by atoms with Crippen molar-refractivity contribution in [1.82, 2.24) is 14.3 Å². The highest BCUT2D eigenvalue weighted by Gasteiger charge is 2.26. The lowest BCUT2D eigenvalue weighted by molar-refractivity contribution is 0.0828. The van der Waals surface area contributed by atoms with Crippen LogP contribution in [0.15, 0.2) is 36.4 Å². The number of benzene rings is 1. The number of imidazole rings is 1. The molecule has 7 heteroatoms. The maximum atomic E-state index is 12.9. The van der Waals surface area contributed by atoms with Crippen molar-refractivity contribution >= 4 is 17.4 Å². The van der Waals surface area contributed by atoms with Crippen molar-refractivity contribution in [3.8, 4) is 5.75 Å². The number of rotatable bonds is 4. The van der Waals surface area contributed by atoms with Crippen molar-refractivity contribution in [2.24, 2.45) is 0 Å². The number of anilines is 1. The number of amides is 1. The number of nitrogens with zero attached hydrogens (tertiary/aromatic N) is 3. The highest BCUT2D eigenvalue weighted by atomic mass is 16.5. The minimum Gasteiger partial charge on any atom is -0.493 e. The molecule has 2 aromatic heterocycles. The molecule has 0 fully saturated rings. The number of hydrogen-bond acceptors (Lipinski definition) is 5. The molecular formula is C21H24N4O3. The number of pyridine rings is 1. The van der Waals surface area contributed by atoms with E-state index in [9.17, 15) is 9.90 Å². The van der Waals surface area contributed by atoms with Gasteiger partial charge in [-0.25, -0.2) is 4.98 Å². The van der Waals surface area contributed by atoms with Crippen LogP contribution in [0.3, 0.4) is 0 Å². The monoisotopic (exact) mass is 380 g/mol. The summed E-state index contributed by atoms with van der Waals surface area (Å²) in [4.78, 5) is 19.0. The van der Waals surface area contributed by atoms with Crippen molar-refractivity contribution in [3.63, 3.8) is 0 Å². The molecular weight excluding hydrogens is 356 g/mol. The molecule has 2 N–H and O–H groups in total. The van der Waals surface area contributed by atoms with Gasteiger partial charge >= 0.3 is 0 Å². The number of ether oxygens (including phenoxy) is 1. The summed E-state index contributed by atoms with van der Waals surface area (Å²) in [5.74, 6) is 1.38. The first-order chi connectivity index (χ1) is 13.5. The number of aryl methyl sites for hydroxylation is 1. The third-order valence-corrected chi connectivity index (χ3v) is 5.13. The van der Waals surface area contributed by atoms with Gasteiger partial charge in [-0.3, -0.25) is 9.20 Å². The molecule has 7 nitrogen and oxygen atoms in total. The van der Waals surface area contributed by atoms with Crippen LogP contribution in [0.5, 0.6) is 5.75 Å². The Morgan fingerprint density at radius 1 is 1.32 bits per heavy atom. The number of para-hydroxylation sites is 1. The van der Waals surface area contributed by atoms with Gasteiger partial charge in [-0.1, -0.05) is 18.2 Å². The number of aromatic nitrogens is 2. The minimum atomic E-state index is -0.161. The first kappa shape index (κ1) is 18.3. The molecule has 1 aliphatic rings. The molecule has 0 saturated heterocycles. The van der Waals surface area contributed by atoms with Crippen LogP contribution in [0, 0.1) is 6.92 Å². The number of nitrogens with one attached hydrogen (secondary N) is 1. The molecule has 1 aromatic carbocycles. The summed E-state index contributed by atoms with van der Waals surface area (Å²) in [5, 5.41) is 13.5. The topological polar surface area (TPSA) is 79.1 Å². The van der Waals surface area contributed by atoms with Gasteiger partial charge in [-0.15, -0.1) is 0 Å². The van der Waals surface area contributed by atoms with Crippen LogP contribution in [0.25, 0.3) is 5.65 Å². The molecule has 1 unspecified atom stereocenters. The van der Waals surface area contributed by atoms with E-state index in [2.05, 4.69) is 10.3 Å². The van der Waals surface area contributed by atoms with Gasteiger partial charge in [-0.05, 0) is 25.1 Å². The van der Waals surface area contributed by atoms with Gasteiger partial charge in [0, 0.05) is 26.1 Å².